The van der Waals surface area contributed by atoms with Gasteiger partial charge in [-0.25, -0.2) is 4.98 Å². The van der Waals surface area contributed by atoms with E-state index in [1.54, 1.807) is 6.07 Å². The van der Waals surface area contributed by atoms with Crippen LogP contribution in [0, 0.1) is 3.57 Å². The van der Waals surface area contributed by atoms with Crippen molar-refractivity contribution < 1.29 is 9.21 Å². The fourth-order valence-corrected chi connectivity index (χ4v) is 4.09. The minimum atomic E-state index is -0.205. The van der Waals surface area contributed by atoms with E-state index in [0.717, 1.165) is 20.2 Å². The highest BCUT2D eigenvalue weighted by Crippen LogP contribution is 2.33. The molecule has 0 spiro atoms. The summed E-state index contributed by atoms with van der Waals surface area (Å²) in [5, 5.41) is 4.36. The number of aromatic nitrogens is 1. The van der Waals surface area contributed by atoms with Crippen LogP contribution >= 0.6 is 34.2 Å². The molecule has 0 radical (unpaired) electrons. The first-order valence-corrected chi connectivity index (χ1v) is 11.4. The molecule has 0 aliphatic rings. The Morgan fingerprint density at radius 1 is 0.875 bits per heavy atom. The molecule has 156 valence electrons. The summed E-state index contributed by atoms with van der Waals surface area (Å²) in [6, 6.07) is 28.2. The quantitative estimate of drug-likeness (QED) is 0.234. The maximum atomic E-state index is 13.2. The molecule has 0 aliphatic heterocycles. The van der Waals surface area contributed by atoms with E-state index in [-0.39, 0.29) is 5.91 Å². The number of nitrogens with zero attached hydrogens (tertiary/aromatic N) is 1. The number of carbonyl (C=O) groups excluding carboxylic acids is 1. The predicted octanol–water partition coefficient (Wildman–Crippen LogP) is 7.67. The number of fused-ring (bicyclic) bond motifs is 1. The number of para-hydroxylation sites is 1. The number of hydrogen-bond donors (Lipinski definition) is 1. The molecule has 3 aromatic carbocycles. The molecule has 2 aromatic heterocycles. The Labute approximate surface area is 203 Å². The van der Waals surface area contributed by atoms with E-state index < -0.39 is 0 Å². The smallest absolute Gasteiger partial charge is 0.256 e. The number of halogens is 2. The summed E-state index contributed by atoms with van der Waals surface area (Å²) in [6.07, 6.45) is 0. The van der Waals surface area contributed by atoms with Crippen molar-refractivity contribution in [3.05, 3.63) is 105 Å². The highest BCUT2D eigenvalue weighted by atomic mass is 127. The van der Waals surface area contributed by atoms with E-state index in [0.29, 0.717) is 33.3 Å². The lowest BCUT2D eigenvalue weighted by atomic mass is 10.1. The molecule has 0 saturated heterocycles. The van der Waals surface area contributed by atoms with Crippen molar-refractivity contribution in [2.75, 3.05) is 5.32 Å². The van der Waals surface area contributed by atoms with Gasteiger partial charge in [-0.1, -0.05) is 41.9 Å². The van der Waals surface area contributed by atoms with Crippen molar-refractivity contribution in [2.45, 2.75) is 0 Å². The van der Waals surface area contributed by atoms with E-state index in [9.17, 15) is 4.79 Å². The molecule has 0 saturated carbocycles. The number of anilines is 1. The average molecular weight is 551 g/mol. The van der Waals surface area contributed by atoms with Crippen molar-refractivity contribution in [3.8, 4) is 22.8 Å². The van der Waals surface area contributed by atoms with Gasteiger partial charge in [0.2, 0.25) is 0 Å². The third-order valence-corrected chi connectivity index (χ3v) is 6.11. The summed E-state index contributed by atoms with van der Waals surface area (Å²) < 4.78 is 7.17. The molecule has 32 heavy (non-hydrogen) atoms. The van der Waals surface area contributed by atoms with E-state index in [1.165, 1.54) is 0 Å². The normalized spacial score (nSPS) is 10.9. The van der Waals surface area contributed by atoms with Crippen molar-refractivity contribution in [2.24, 2.45) is 0 Å². The molecule has 4 nitrogen and oxygen atoms in total. The van der Waals surface area contributed by atoms with E-state index in [1.807, 2.05) is 84.9 Å². The molecule has 1 N–H and O–H groups in total. The minimum Gasteiger partial charge on any atom is -0.454 e. The van der Waals surface area contributed by atoms with Gasteiger partial charge >= 0.3 is 0 Å². The lowest BCUT2D eigenvalue weighted by Crippen LogP contribution is -2.13. The second-order valence-electron chi connectivity index (χ2n) is 7.18. The Hall–Kier alpha value is -3.16. The van der Waals surface area contributed by atoms with Crippen molar-refractivity contribution >= 4 is 56.7 Å². The zero-order chi connectivity index (χ0) is 22.1. The predicted molar refractivity (Wildman–Crippen MR) is 137 cm³/mol. The Bertz CT molecular complexity index is 1440. The summed E-state index contributed by atoms with van der Waals surface area (Å²) in [6.45, 7) is 0. The Morgan fingerprint density at radius 2 is 1.59 bits per heavy atom. The fraction of sp³-hybridized carbons (Fsp3) is 0. The number of furan rings is 1. The summed E-state index contributed by atoms with van der Waals surface area (Å²) in [5.41, 5.74) is 3.36. The van der Waals surface area contributed by atoms with Crippen molar-refractivity contribution in [1.29, 1.82) is 0 Å². The van der Waals surface area contributed by atoms with E-state index in [2.05, 4.69) is 27.9 Å². The van der Waals surface area contributed by atoms with Crippen LogP contribution in [0.15, 0.2) is 95.4 Å². The fourth-order valence-electron chi connectivity index (χ4n) is 3.50. The van der Waals surface area contributed by atoms with Gasteiger partial charge < -0.3 is 9.73 Å². The van der Waals surface area contributed by atoms with E-state index in [4.69, 9.17) is 21.0 Å². The second kappa shape index (κ2) is 8.76. The number of nitrogens with one attached hydrogen (secondary N) is 1. The van der Waals surface area contributed by atoms with Crippen LogP contribution in [0.25, 0.3) is 33.7 Å². The number of rotatable bonds is 4. The molecule has 0 atom stereocenters. The van der Waals surface area contributed by atoms with Gasteiger partial charge in [0.05, 0.1) is 16.1 Å². The molecule has 1 amide bonds. The topological polar surface area (TPSA) is 55.1 Å². The summed E-state index contributed by atoms with van der Waals surface area (Å²) in [7, 11) is 0. The van der Waals surface area contributed by atoms with Gasteiger partial charge in [0.1, 0.15) is 11.5 Å². The maximum Gasteiger partial charge on any atom is 0.256 e. The first-order valence-electron chi connectivity index (χ1n) is 9.90. The Kier molecular flexibility index (Phi) is 5.68. The van der Waals surface area contributed by atoms with Crippen LogP contribution in [0.5, 0.6) is 0 Å². The maximum absolute atomic E-state index is 13.2. The van der Waals surface area contributed by atoms with Crippen LogP contribution in [0.4, 0.5) is 5.69 Å². The lowest BCUT2D eigenvalue weighted by Gasteiger charge is -2.10. The molecule has 5 rings (SSSR count). The first-order chi connectivity index (χ1) is 15.6. The zero-order valence-electron chi connectivity index (χ0n) is 16.7. The third-order valence-electron chi connectivity index (χ3n) is 5.06. The highest BCUT2D eigenvalue weighted by Gasteiger charge is 2.17. The summed E-state index contributed by atoms with van der Waals surface area (Å²) >= 11 is 8.55. The second-order valence-corrected chi connectivity index (χ2v) is 8.83. The summed E-state index contributed by atoms with van der Waals surface area (Å²) in [5.74, 6) is 1.00. The van der Waals surface area contributed by atoms with Gasteiger partial charge in [-0.15, -0.1) is 0 Å². The van der Waals surface area contributed by atoms with Gasteiger partial charge in [0.15, 0.2) is 5.76 Å². The highest BCUT2D eigenvalue weighted by molar-refractivity contribution is 14.1. The van der Waals surface area contributed by atoms with Gasteiger partial charge in [-0.3, -0.25) is 4.79 Å². The molecular weight excluding hydrogens is 535 g/mol. The van der Waals surface area contributed by atoms with Crippen molar-refractivity contribution in [1.82, 2.24) is 4.98 Å². The molecular formula is C26H16ClIN2O2. The standard InChI is InChI=1S/C26H16ClIN2O2/c27-21-7-3-1-6-19(21)24-13-14-25(32-24)23-15-20(18-5-2-4-8-22(18)30-23)26(31)29-17-11-9-16(28)10-12-17/h1-15H,(H,29,31). The molecule has 2 heterocycles. The van der Waals surface area contributed by atoms with Crippen LogP contribution in [-0.2, 0) is 0 Å². The minimum absolute atomic E-state index is 0.205. The zero-order valence-corrected chi connectivity index (χ0v) is 19.6. The number of benzene rings is 3. The SMILES string of the molecule is O=C(Nc1ccc(I)cc1)c1cc(-c2ccc(-c3ccccc3Cl)o2)nc2ccccc12. The van der Waals surface area contributed by atoms with Gasteiger partial charge in [-0.2, -0.15) is 0 Å². The lowest BCUT2D eigenvalue weighted by molar-refractivity contribution is 0.102. The van der Waals surface area contributed by atoms with Crippen LogP contribution in [0.3, 0.4) is 0 Å². The monoisotopic (exact) mass is 550 g/mol. The van der Waals surface area contributed by atoms with Crippen LogP contribution < -0.4 is 5.32 Å². The first kappa shape index (κ1) is 20.7. The van der Waals surface area contributed by atoms with Gasteiger partial charge in [0, 0.05) is 20.2 Å². The molecule has 0 aliphatic carbocycles. The van der Waals surface area contributed by atoms with Crippen LogP contribution in [0.1, 0.15) is 10.4 Å². The number of pyridine rings is 1. The van der Waals surface area contributed by atoms with Crippen molar-refractivity contribution in [3.63, 3.8) is 0 Å². The number of hydrogen-bond acceptors (Lipinski definition) is 3. The molecule has 0 fully saturated rings. The summed E-state index contributed by atoms with van der Waals surface area (Å²) in [4.78, 5) is 17.9. The average Bonchev–Trinajstić information content (AvgIpc) is 3.30. The molecule has 0 unspecified atom stereocenters. The third kappa shape index (κ3) is 4.13. The van der Waals surface area contributed by atoms with E-state index >= 15 is 0 Å². The van der Waals surface area contributed by atoms with Gasteiger partial charge in [-0.05, 0) is 83.3 Å². The molecule has 5 aromatic rings. The Morgan fingerprint density at radius 3 is 2.41 bits per heavy atom. The van der Waals surface area contributed by atoms with Crippen LogP contribution in [-0.4, -0.2) is 10.9 Å². The Balaban J connectivity index is 1.56. The molecule has 0 bridgehead atoms. The number of carbonyl (C=O) groups is 1. The largest absolute Gasteiger partial charge is 0.454 e. The molecule has 6 heteroatoms. The van der Waals surface area contributed by atoms with Crippen LogP contribution in [0.2, 0.25) is 5.02 Å². The number of amides is 1. The van der Waals surface area contributed by atoms with Gasteiger partial charge in [0.25, 0.3) is 5.91 Å².